The van der Waals surface area contributed by atoms with Crippen LogP contribution in [0.2, 0.25) is 0 Å². The highest BCUT2D eigenvalue weighted by Crippen LogP contribution is 2.35. The molecule has 1 aliphatic rings. The third-order valence-corrected chi connectivity index (χ3v) is 3.69. The van der Waals surface area contributed by atoms with Crippen LogP contribution in [0.25, 0.3) is 11.5 Å². The topological polar surface area (TPSA) is 75.2 Å². The molecule has 0 N–H and O–H groups in total. The first-order chi connectivity index (χ1) is 9.66. The van der Waals surface area contributed by atoms with E-state index in [9.17, 15) is 0 Å². The molecule has 3 rings (SSSR count). The fraction of sp³-hybridized carbons (Fsp3) is 0.615. The zero-order valence-corrected chi connectivity index (χ0v) is 11.9. The van der Waals surface area contributed by atoms with Gasteiger partial charge in [-0.05, 0) is 13.8 Å². The largest absolute Gasteiger partial charge is 0.417 e. The van der Waals surface area contributed by atoms with Gasteiger partial charge < -0.3 is 13.9 Å². The second-order valence-corrected chi connectivity index (χ2v) is 4.91. The fourth-order valence-electron chi connectivity index (χ4n) is 2.39. The SMILES string of the molecule is CCOC1(c2nnc(-c3cnn(C)c3C)o2)CCOC1. The van der Waals surface area contributed by atoms with E-state index in [0.29, 0.717) is 31.6 Å². The Labute approximate surface area is 116 Å². The van der Waals surface area contributed by atoms with Crippen molar-refractivity contribution in [2.45, 2.75) is 25.9 Å². The quantitative estimate of drug-likeness (QED) is 0.842. The zero-order chi connectivity index (χ0) is 14.2. The van der Waals surface area contributed by atoms with Crippen LogP contribution in [0.4, 0.5) is 0 Å². The first-order valence-corrected chi connectivity index (χ1v) is 6.71. The fourth-order valence-corrected chi connectivity index (χ4v) is 2.39. The highest BCUT2D eigenvalue weighted by atomic mass is 16.6. The minimum Gasteiger partial charge on any atom is -0.417 e. The number of aryl methyl sites for hydroxylation is 1. The molecule has 1 atom stereocenters. The van der Waals surface area contributed by atoms with Crippen molar-refractivity contribution >= 4 is 0 Å². The molecule has 0 spiro atoms. The molecular weight excluding hydrogens is 260 g/mol. The lowest BCUT2D eigenvalue weighted by Crippen LogP contribution is -2.30. The van der Waals surface area contributed by atoms with E-state index in [1.807, 2.05) is 20.9 Å². The van der Waals surface area contributed by atoms with Crippen LogP contribution in [0, 0.1) is 6.92 Å². The average molecular weight is 278 g/mol. The van der Waals surface area contributed by atoms with Crippen LogP contribution in [0.5, 0.6) is 0 Å². The summed E-state index contributed by atoms with van der Waals surface area (Å²) in [6.45, 7) is 5.58. The first kappa shape index (κ1) is 13.3. The van der Waals surface area contributed by atoms with Crippen LogP contribution < -0.4 is 0 Å². The molecular formula is C13H18N4O3. The Morgan fingerprint density at radius 1 is 1.45 bits per heavy atom. The third kappa shape index (κ3) is 2.03. The summed E-state index contributed by atoms with van der Waals surface area (Å²) in [5.74, 6) is 0.951. The lowest BCUT2D eigenvalue weighted by Gasteiger charge is -2.22. The van der Waals surface area contributed by atoms with Crippen molar-refractivity contribution in [2.24, 2.45) is 7.05 Å². The van der Waals surface area contributed by atoms with Crippen molar-refractivity contribution < 1.29 is 13.9 Å². The van der Waals surface area contributed by atoms with Crippen molar-refractivity contribution in [3.05, 3.63) is 17.8 Å². The number of aromatic nitrogens is 4. The zero-order valence-electron chi connectivity index (χ0n) is 11.9. The van der Waals surface area contributed by atoms with Gasteiger partial charge >= 0.3 is 0 Å². The molecule has 3 heterocycles. The van der Waals surface area contributed by atoms with Gasteiger partial charge in [-0.3, -0.25) is 4.68 Å². The first-order valence-electron chi connectivity index (χ1n) is 6.71. The number of hydrogen-bond acceptors (Lipinski definition) is 6. The number of hydrogen-bond donors (Lipinski definition) is 0. The summed E-state index contributed by atoms with van der Waals surface area (Å²) in [6, 6.07) is 0. The normalized spacial score (nSPS) is 22.6. The summed E-state index contributed by atoms with van der Waals surface area (Å²) in [5.41, 5.74) is 1.22. The highest BCUT2D eigenvalue weighted by molar-refractivity contribution is 5.54. The van der Waals surface area contributed by atoms with Gasteiger partial charge in [-0.25, -0.2) is 0 Å². The van der Waals surface area contributed by atoms with Gasteiger partial charge in [-0.2, -0.15) is 5.10 Å². The van der Waals surface area contributed by atoms with E-state index < -0.39 is 5.60 Å². The molecule has 0 bridgehead atoms. The van der Waals surface area contributed by atoms with Gasteiger partial charge in [0.15, 0.2) is 5.60 Å². The molecule has 1 saturated heterocycles. The van der Waals surface area contributed by atoms with Crippen LogP contribution >= 0.6 is 0 Å². The number of ether oxygens (including phenoxy) is 2. The van der Waals surface area contributed by atoms with Gasteiger partial charge in [-0.15, -0.1) is 10.2 Å². The lowest BCUT2D eigenvalue weighted by molar-refractivity contribution is -0.0657. The van der Waals surface area contributed by atoms with Crippen molar-refractivity contribution in [1.82, 2.24) is 20.0 Å². The van der Waals surface area contributed by atoms with Crippen LogP contribution in [-0.2, 0) is 22.1 Å². The lowest BCUT2D eigenvalue weighted by atomic mass is 10.0. The van der Waals surface area contributed by atoms with Crippen LogP contribution in [0.1, 0.15) is 24.9 Å². The van der Waals surface area contributed by atoms with E-state index in [1.54, 1.807) is 10.9 Å². The van der Waals surface area contributed by atoms with Crippen molar-refractivity contribution in [3.8, 4) is 11.5 Å². The van der Waals surface area contributed by atoms with Gasteiger partial charge in [0.05, 0.1) is 25.0 Å². The Morgan fingerprint density at radius 3 is 2.90 bits per heavy atom. The maximum Gasteiger partial charge on any atom is 0.251 e. The Bertz CT molecular complexity index is 599. The minimum atomic E-state index is -0.601. The molecule has 0 saturated carbocycles. The van der Waals surface area contributed by atoms with Gasteiger partial charge in [0.2, 0.25) is 0 Å². The second kappa shape index (κ2) is 4.99. The molecule has 1 fully saturated rings. The Kier molecular flexibility index (Phi) is 3.31. The molecule has 7 heteroatoms. The van der Waals surface area contributed by atoms with Crippen molar-refractivity contribution in [1.29, 1.82) is 0 Å². The van der Waals surface area contributed by atoms with E-state index in [4.69, 9.17) is 13.9 Å². The average Bonchev–Trinajstić information content (AvgIpc) is 3.13. The monoisotopic (exact) mass is 278 g/mol. The summed E-state index contributed by atoms with van der Waals surface area (Å²) in [5, 5.41) is 12.5. The molecule has 0 aromatic carbocycles. The van der Waals surface area contributed by atoms with Gasteiger partial charge in [0, 0.05) is 25.8 Å². The standard InChI is InChI=1S/C13H18N4O3/c1-4-19-13(5-6-18-8-13)12-16-15-11(20-12)10-7-14-17(3)9(10)2/h7H,4-6,8H2,1-3H3. The minimum absolute atomic E-state index is 0.453. The number of nitrogens with zero attached hydrogens (tertiary/aromatic N) is 4. The predicted octanol–water partition coefficient (Wildman–Crippen LogP) is 1.43. The predicted molar refractivity (Wildman–Crippen MR) is 70.0 cm³/mol. The van der Waals surface area contributed by atoms with Crippen LogP contribution in [0.3, 0.4) is 0 Å². The van der Waals surface area contributed by atoms with Gasteiger partial charge in [0.25, 0.3) is 11.8 Å². The molecule has 2 aromatic rings. The molecule has 7 nitrogen and oxygen atoms in total. The Balaban J connectivity index is 1.95. The third-order valence-electron chi connectivity index (χ3n) is 3.69. The smallest absolute Gasteiger partial charge is 0.251 e. The molecule has 1 aliphatic heterocycles. The van der Waals surface area contributed by atoms with Crippen molar-refractivity contribution in [2.75, 3.05) is 19.8 Å². The van der Waals surface area contributed by atoms with E-state index in [-0.39, 0.29) is 0 Å². The van der Waals surface area contributed by atoms with E-state index >= 15 is 0 Å². The van der Waals surface area contributed by atoms with E-state index in [0.717, 1.165) is 17.7 Å². The summed E-state index contributed by atoms with van der Waals surface area (Å²) in [7, 11) is 1.88. The molecule has 0 amide bonds. The van der Waals surface area contributed by atoms with Crippen LogP contribution in [-0.4, -0.2) is 39.8 Å². The van der Waals surface area contributed by atoms with Gasteiger partial charge in [-0.1, -0.05) is 0 Å². The molecule has 20 heavy (non-hydrogen) atoms. The molecule has 0 radical (unpaired) electrons. The maximum absolute atomic E-state index is 5.82. The Morgan fingerprint density at radius 2 is 2.30 bits per heavy atom. The molecule has 1 unspecified atom stereocenters. The van der Waals surface area contributed by atoms with Gasteiger partial charge in [0.1, 0.15) is 0 Å². The maximum atomic E-state index is 5.82. The molecule has 2 aromatic heterocycles. The van der Waals surface area contributed by atoms with Crippen molar-refractivity contribution in [3.63, 3.8) is 0 Å². The highest BCUT2D eigenvalue weighted by Gasteiger charge is 2.43. The Hall–Kier alpha value is -1.73. The summed E-state index contributed by atoms with van der Waals surface area (Å²) in [6.07, 6.45) is 2.46. The molecule has 108 valence electrons. The van der Waals surface area contributed by atoms with Crippen LogP contribution in [0.15, 0.2) is 10.6 Å². The van der Waals surface area contributed by atoms with E-state index in [2.05, 4.69) is 15.3 Å². The van der Waals surface area contributed by atoms with E-state index in [1.165, 1.54) is 0 Å². The summed E-state index contributed by atoms with van der Waals surface area (Å²) in [4.78, 5) is 0. The molecule has 0 aliphatic carbocycles. The second-order valence-electron chi connectivity index (χ2n) is 4.91. The summed E-state index contributed by atoms with van der Waals surface area (Å²) < 4.78 is 18.9. The summed E-state index contributed by atoms with van der Waals surface area (Å²) >= 11 is 0. The number of rotatable bonds is 4.